The van der Waals surface area contributed by atoms with Gasteiger partial charge in [-0.2, -0.15) is 0 Å². The van der Waals surface area contributed by atoms with E-state index in [1.54, 1.807) is 0 Å². The lowest BCUT2D eigenvalue weighted by molar-refractivity contribution is -0.125. The summed E-state index contributed by atoms with van der Waals surface area (Å²) in [6.07, 6.45) is 1.07. The van der Waals surface area contributed by atoms with Crippen LogP contribution in [0.4, 0.5) is 0 Å². The summed E-state index contributed by atoms with van der Waals surface area (Å²) in [4.78, 5) is 23.4. The van der Waals surface area contributed by atoms with E-state index in [1.807, 2.05) is 60.7 Å². The number of carbonyl (C=O) groups excluding carboxylic acids is 2. The highest BCUT2D eigenvalue weighted by molar-refractivity contribution is 5.85. The van der Waals surface area contributed by atoms with Crippen LogP contribution in [0.1, 0.15) is 11.1 Å². The Hall–Kier alpha value is -2.62. The maximum Gasteiger partial charge on any atom is 0.239 e. The number of nitrogens with one attached hydrogen (secondary N) is 2. The molecule has 0 saturated carbocycles. The second kappa shape index (κ2) is 8.62. The van der Waals surface area contributed by atoms with Gasteiger partial charge in [0.25, 0.3) is 0 Å². The van der Waals surface area contributed by atoms with Crippen molar-refractivity contribution in [2.45, 2.75) is 12.8 Å². The normalized spacial score (nSPS) is 10.0. The Labute approximate surface area is 130 Å². The van der Waals surface area contributed by atoms with Gasteiger partial charge in [0, 0.05) is 6.54 Å². The summed E-state index contributed by atoms with van der Waals surface area (Å²) in [6.45, 7) is 0.581. The molecule has 114 valence electrons. The highest BCUT2D eigenvalue weighted by atomic mass is 16.2. The first-order valence-electron chi connectivity index (χ1n) is 7.35. The van der Waals surface area contributed by atoms with Gasteiger partial charge in [0.2, 0.25) is 11.8 Å². The van der Waals surface area contributed by atoms with E-state index in [-0.39, 0.29) is 24.8 Å². The van der Waals surface area contributed by atoms with Crippen LogP contribution < -0.4 is 10.6 Å². The van der Waals surface area contributed by atoms with Crippen molar-refractivity contribution in [3.63, 3.8) is 0 Å². The number of hydrogen-bond acceptors (Lipinski definition) is 2. The number of benzene rings is 2. The van der Waals surface area contributed by atoms with E-state index < -0.39 is 0 Å². The van der Waals surface area contributed by atoms with Crippen molar-refractivity contribution in [2.75, 3.05) is 13.1 Å². The highest BCUT2D eigenvalue weighted by Crippen LogP contribution is 1.99. The van der Waals surface area contributed by atoms with Gasteiger partial charge in [0.15, 0.2) is 0 Å². The van der Waals surface area contributed by atoms with Crippen molar-refractivity contribution in [1.29, 1.82) is 0 Å². The Morgan fingerprint density at radius 2 is 1.32 bits per heavy atom. The molecule has 0 spiro atoms. The van der Waals surface area contributed by atoms with Gasteiger partial charge in [0.05, 0.1) is 13.0 Å². The molecule has 0 unspecified atom stereocenters. The van der Waals surface area contributed by atoms with Crippen LogP contribution >= 0.6 is 0 Å². The number of carbonyl (C=O) groups is 2. The van der Waals surface area contributed by atoms with E-state index in [0.29, 0.717) is 6.54 Å². The third-order valence-electron chi connectivity index (χ3n) is 3.23. The van der Waals surface area contributed by atoms with Gasteiger partial charge in [-0.05, 0) is 17.5 Å². The van der Waals surface area contributed by atoms with Crippen LogP contribution in [0.5, 0.6) is 0 Å². The molecule has 0 fully saturated rings. The van der Waals surface area contributed by atoms with E-state index in [1.165, 1.54) is 5.56 Å². The van der Waals surface area contributed by atoms with Crippen LogP contribution in [0.3, 0.4) is 0 Å². The molecule has 4 heteroatoms. The van der Waals surface area contributed by atoms with Crippen LogP contribution in [0.2, 0.25) is 0 Å². The average molecular weight is 296 g/mol. The predicted molar refractivity (Wildman–Crippen MR) is 86.3 cm³/mol. The second-order valence-electron chi connectivity index (χ2n) is 5.02. The minimum atomic E-state index is -0.169. The third-order valence-corrected chi connectivity index (χ3v) is 3.23. The Balaban J connectivity index is 1.62. The van der Waals surface area contributed by atoms with Crippen molar-refractivity contribution in [2.24, 2.45) is 0 Å². The molecule has 0 aliphatic rings. The molecule has 2 N–H and O–H groups in total. The van der Waals surface area contributed by atoms with Crippen LogP contribution in [0, 0.1) is 0 Å². The zero-order valence-corrected chi connectivity index (χ0v) is 12.4. The number of hydrogen-bond donors (Lipinski definition) is 2. The molecule has 0 aliphatic heterocycles. The molecular weight excluding hydrogens is 276 g/mol. The molecule has 2 aromatic rings. The molecule has 2 amide bonds. The maximum atomic E-state index is 11.7. The van der Waals surface area contributed by atoms with Gasteiger partial charge >= 0.3 is 0 Å². The fourth-order valence-electron chi connectivity index (χ4n) is 2.08. The summed E-state index contributed by atoms with van der Waals surface area (Å²) in [5.74, 6) is -0.318. The summed E-state index contributed by atoms with van der Waals surface area (Å²) in [7, 11) is 0. The summed E-state index contributed by atoms with van der Waals surface area (Å²) in [6, 6.07) is 19.4. The van der Waals surface area contributed by atoms with E-state index >= 15 is 0 Å². The standard InChI is InChI=1S/C18H20N2O2/c21-17(13-16-9-5-2-6-10-16)20-14-18(22)19-12-11-15-7-3-1-4-8-15/h1-10H,11-14H2,(H,19,22)(H,20,21). The van der Waals surface area contributed by atoms with Gasteiger partial charge in [0.1, 0.15) is 0 Å². The lowest BCUT2D eigenvalue weighted by atomic mass is 10.1. The van der Waals surface area contributed by atoms with Gasteiger partial charge < -0.3 is 10.6 Å². The summed E-state index contributed by atoms with van der Waals surface area (Å²) < 4.78 is 0. The molecule has 4 nitrogen and oxygen atoms in total. The average Bonchev–Trinajstić information content (AvgIpc) is 2.55. The van der Waals surface area contributed by atoms with Gasteiger partial charge in [-0.3, -0.25) is 9.59 Å². The molecule has 22 heavy (non-hydrogen) atoms. The van der Waals surface area contributed by atoms with Gasteiger partial charge in [-0.15, -0.1) is 0 Å². The van der Waals surface area contributed by atoms with E-state index in [2.05, 4.69) is 10.6 Å². The topological polar surface area (TPSA) is 58.2 Å². The molecule has 0 radical (unpaired) electrons. The quantitative estimate of drug-likeness (QED) is 0.817. The van der Waals surface area contributed by atoms with E-state index in [0.717, 1.165) is 12.0 Å². The number of amides is 2. The fraction of sp³-hybridized carbons (Fsp3) is 0.222. The Kier molecular flexibility index (Phi) is 6.18. The van der Waals surface area contributed by atoms with E-state index in [4.69, 9.17) is 0 Å². The molecular formula is C18H20N2O2. The van der Waals surface area contributed by atoms with Crippen LogP contribution in [-0.4, -0.2) is 24.9 Å². The first-order valence-corrected chi connectivity index (χ1v) is 7.35. The smallest absolute Gasteiger partial charge is 0.239 e. The van der Waals surface area contributed by atoms with Gasteiger partial charge in [-0.25, -0.2) is 0 Å². The molecule has 0 bridgehead atoms. The molecule has 0 heterocycles. The summed E-state index contributed by atoms with van der Waals surface area (Å²) in [5, 5.41) is 5.43. The van der Waals surface area contributed by atoms with Gasteiger partial charge in [-0.1, -0.05) is 60.7 Å². The lowest BCUT2D eigenvalue weighted by Gasteiger charge is -2.07. The van der Waals surface area contributed by atoms with Crippen molar-refractivity contribution >= 4 is 11.8 Å². The Bertz CT molecular complexity index is 597. The fourth-order valence-corrected chi connectivity index (χ4v) is 2.08. The molecule has 0 aliphatic carbocycles. The number of rotatable bonds is 7. The minimum Gasteiger partial charge on any atom is -0.354 e. The Morgan fingerprint density at radius 1 is 0.727 bits per heavy atom. The second-order valence-corrected chi connectivity index (χ2v) is 5.02. The molecule has 0 atom stereocenters. The molecule has 0 aromatic heterocycles. The predicted octanol–water partition coefficient (Wildman–Crippen LogP) is 1.70. The zero-order valence-electron chi connectivity index (χ0n) is 12.4. The first kappa shape index (κ1) is 15.8. The molecule has 2 rings (SSSR count). The van der Waals surface area contributed by atoms with Crippen LogP contribution in [0.25, 0.3) is 0 Å². The van der Waals surface area contributed by atoms with Crippen LogP contribution in [0.15, 0.2) is 60.7 Å². The first-order chi connectivity index (χ1) is 10.7. The third kappa shape index (κ3) is 5.79. The van der Waals surface area contributed by atoms with Crippen molar-refractivity contribution in [3.8, 4) is 0 Å². The maximum absolute atomic E-state index is 11.7. The summed E-state index contributed by atoms with van der Waals surface area (Å²) in [5.41, 5.74) is 2.11. The summed E-state index contributed by atoms with van der Waals surface area (Å²) >= 11 is 0. The SMILES string of the molecule is O=C(CNC(=O)Cc1ccccc1)NCCc1ccccc1. The Morgan fingerprint density at radius 3 is 1.95 bits per heavy atom. The van der Waals surface area contributed by atoms with Crippen molar-refractivity contribution in [3.05, 3.63) is 71.8 Å². The minimum absolute atomic E-state index is 0.0143. The highest BCUT2D eigenvalue weighted by Gasteiger charge is 2.06. The molecule has 0 saturated heterocycles. The van der Waals surface area contributed by atoms with E-state index in [9.17, 15) is 9.59 Å². The lowest BCUT2D eigenvalue weighted by Crippen LogP contribution is -2.38. The van der Waals surface area contributed by atoms with Crippen molar-refractivity contribution < 1.29 is 9.59 Å². The van der Waals surface area contributed by atoms with Crippen molar-refractivity contribution in [1.82, 2.24) is 10.6 Å². The molecule has 2 aromatic carbocycles. The largest absolute Gasteiger partial charge is 0.354 e. The zero-order chi connectivity index (χ0) is 15.6. The van der Waals surface area contributed by atoms with Crippen LogP contribution in [-0.2, 0) is 22.4 Å². The monoisotopic (exact) mass is 296 g/mol.